The number of halogens is 3. The first-order chi connectivity index (χ1) is 19.4. The fraction of sp³-hybridized carbons (Fsp3) is 0.467. The van der Waals surface area contributed by atoms with Crippen molar-refractivity contribution in [2.45, 2.75) is 90.0 Å². The standard InChI is InChI=1S/C30H39F3N2O6SSi/c1-28(2,3)40-26(36)19-34-42(38,39)24-14-15-25(22(18-24)16-17-43(7,8)9)35(27(37)41-29(4,5)6)20-21-10-12-23(13-11-21)30(31,32)33/h10-15,18,34H,19-20H2,1-9H3. The summed E-state index contributed by atoms with van der Waals surface area (Å²) in [5.41, 5.74) is 1.36. The molecule has 0 unspecified atom stereocenters. The molecule has 8 nitrogen and oxygen atoms in total. The number of hydrogen-bond donors (Lipinski definition) is 1. The van der Waals surface area contributed by atoms with Crippen LogP contribution in [0.2, 0.25) is 19.6 Å². The maximum atomic E-state index is 13.4. The molecule has 43 heavy (non-hydrogen) atoms. The molecule has 1 amide bonds. The Kier molecular flexibility index (Phi) is 10.9. The first-order valence-electron chi connectivity index (χ1n) is 13.4. The van der Waals surface area contributed by atoms with Crippen molar-refractivity contribution in [1.82, 2.24) is 4.72 Å². The van der Waals surface area contributed by atoms with Crippen molar-refractivity contribution in [2.75, 3.05) is 11.4 Å². The van der Waals surface area contributed by atoms with Crippen molar-refractivity contribution in [2.24, 2.45) is 0 Å². The smallest absolute Gasteiger partial charge is 0.416 e. The van der Waals surface area contributed by atoms with Crippen molar-refractivity contribution in [1.29, 1.82) is 0 Å². The van der Waals surface area contributed by atoms with Gasteiger partial charge in [-0.2, -0.15) is 17.9 Å². The van der Waals surface area contributed by atoms with Crippen molar-refractivity contribution in [3.63, 3.8) is 0 Å². The Hall–Kier alpha value is -3.34. The highest BCUT2D eigenvalue weighted by Crippen LogP contribution is 2.31. The molecule has 0 saturated heterocycles. The van der Waals surface area contributed by atoms with Gasteiger partial charge in [0.2, 0.25) is 10.0 Å². The molecule has 1 N–H and O–H groups in total. The van der Waals surface area contributed by atoms with E-state index in [1.54, 1.807) is 41.5 Å². The second kappa shape index (κ2) is 13.1. The van der Waals surface area contributed by atoms with E-state index in [0.29, 0.717) is 5.56 Å². The summed E-state index contributed by atoms with van der Waals surface area (Å²) in [6, 6.07) is 8.26. The summed E-state index contributed by atoms with van der Waals surface area (Å²) in [5.74, 6) is 2.24. The lowest BCUT2D eigenvalue weighted by atomic mass is 10.1. The molecule has 0 fully saturated rings. The van der Waals surface area contributed by atoms with Gasteiger partial charge in [-0.25, -0.2) is 13.2 Å². The van der Waals surface area contributed by atoms with Crippen LogP contribution in [-0.2, 0) is 37.0 Å². The minimum atomic E-state index is -4.53. The monoisotopic (exact) mass is 640 g/mol. The van der Waals surface area contributed by atoms with Crippen LogP contribution in [0.1, 0.15) is 58.2 Å². The van der Waals surface area contributed by atoms with E-state index in [2.05, 4.69) is 16.2 Å². The van der Waals surface area contributed by atoms with Gasteiger partial charge in [0, 0.05) is 5.56 Å². The number of benzene rings is 2. The number of alkyl halides is 3. The highest BCUT2D eigenvalue weighted by molar-refractivity contribution is 7.89. The van der Waals surface area contributed by atoms with E-state index in [0.717, 1.165) is 12.1 Å². The van der Waals surface area contributed by atoms with Gasteiger partial charge < -0.3 is 9.47 Å². The van der Waals surface area contributed by atoms with E-state index in [4.69, 9.17) is 9.47 Å². The quantitative estimate of drug-likeness (QED) is 0.211. The topological polar surface area (TPSA) is 102 Å². The average Bonchev–Trinajstić information content (AvgIpc) is 2.82. The highest BCUT2D eigenvalue weighted by atomic mass is 32.2. The van der Waals surface area contributed by atoms with Crippen molar-refractivity contribution in [3.05, 3.63) is 59.2 Å². The number of nitrogens with one attached hydrogen (secondary N) is 1. The van der Waals surface area contributed by atoms with E-state index >= 15 is 0 Å². The van der Waals surface area contributed by atoms with Gasteiger partial charge in [-0.05, 0) is 77.4 Å². The van der Waals surface area contributed by atoms with E-state index in [1.165, 1.54) is 35.2 Å². The molecule has 2 aromatic rings. The average molecular weight is 641 g/mol. The van der Waals surface area contributed by atoms with Crippen LogP contribution in [0.5, 0.6) is 0 Å². The molecule has 0 saturated carbocycles. The van der Waals surface area contributed by atoms with Crippen LogP contribution in [0.15, 0.2) is 47.4 Å². The first-order valence-corrected chi connectivity index (χ1v) is 18.4. The maximum absolute atomic E-state index is 13.4. The largest absolute Gasteiger partial charge is 0.459 e. The summed E-state index contributed by atoms with van der Waals surface area (Å²) in [7, 11) is -6.21. The number of nitrogens with zero attached hydrogens (tertiary/aromatic N) is 1. The summed E-state index contributed by atoms with van der Waals surface area (Å²) in [4.78, 5) is 26.5. The molecular formula is C30H39F3N2O6SSi. The molecule has 13 heteroatoms. The number of esters is 1. The third-order valence-corrected chi connectivity index (χ3v) is 7.48. The van der Waals surface area contributed by atoms with Crippen LogP contribution in [0.3, 0.4) is 0 Å². The zero-order valence-corrected chi connectivity index (χ0v) is 27.7. The molecule has 0 bridgehead atoms. The molecular weight excluding hydrogens is 601 g/mol. The van der Waals surface area contributed by atoms with Gasteiger partial charge in [-0.3, -0.25) is 9.69 Å². The summed E-state index contributed by atoms with van der Waals surface area (Å²) >= 11 is 0. The van der Waals surface area contributed by atoms with Gasteiger partial charge >= 0.3 is 18.2 Å². The lowest BCUT2D eigenvalue weighted by Gasteiger charge is -2.28. The second-order valence-corrected chi connectivity index (χ2v) is 19.4. The lowest BCUT2D eigenvalue weighted by Crippen LogP contribution is -2.37. The molecule has 0 aliphatic heterocycles. The Morgan fingerprint density at radius 2 is 1.47 bits per heavy atom. The Balaban J connectivity index is 2.61. The minimum absolute atomic E-state index is 0.181. The minimum Gasteiger partial charge on any atom is -0.459 e. The van der Waals surface area contributed by atoms with Crippen molar-refractivity contribution >= 4 is 35.8 Å². The molecule has 2 aromatic carbocycles. The molecule has 0 aliphatic rings. The van der Waals surface area contributed by atoms with Crippen LogP contribution >= 0.6 is 0 Å². The molecule has 0 aliphatic carbocycles. The Morgan fingerprint density at radius 3 is 1.95 bits per heavy atom. The second-order valence-electron chi connectivity index (χ2n) is 12.9. The van der Waals surface area contributed by atoms with E-state index in [9.17, 15) is 31.2 Å². The SMILES string of the molecule is CC(C)(C)OC(=O)CNS(=O)(=O)c1ccc(N(Cc2ccc(C(F)(F)F)cc2)C(=O)OC(C)(C)C)c(C#C[Si](C)(C)C)c1. The van der Waals surface area contributed by atoms with Gasteiger partial charge in [0.25, 0.3) is 0 Å². The van der Waals surface area contributed by atoms with E-state index in [-0.39, 0.29) is 22.7 Å². The van der Waals surface area contributed by atoms with Gasteiger partial charge in [-0.15, -0.1) is 5.54 Å². The Bertz CT molecular complexity index is 1490. The Labute approximate surface area is 253 Å². The van der Waals surface area contributed by atoms with Crippen LogP contribution in [0, 0.1) is 11.5 Å². The van der Waals surface area contributed by atoms with E-state index in [1.807, 2.05) is 19.6 Å². The number of carbonyl (C=O) groups is 2. The summed E-state index contributed by atoms with van der Waals surface area (Å²) < 4.78 is 78.6. The molecule has 0 spiro atoms. The normalized spacial score (nSPS) is 12.7. The van der Waals surface area contributed by atoms with Crippen molar-refractivity contribution in [3.8, 4) is 11.5 Å². The van der Waals surface area contributed by atoms with Gasteiger partial charge in [0.05, 0.1) is 22.7 Å². The predicted molar refractivity (Wildman–Crippen MR) is 162 cm³/mol. The zero-order valence-electron chi connectivity index (χ0n) is 25.9. The van der Waals surface area contributed by atoms with Crippen LogP contribution in [0.25, 0.3) is 0 Å². The van der Waals surface area contributed by atoms with Crippen LogP contribution in [-0.4, -0.2) is 46.3 Å². The van der Waals surface area contributed by atoms with Crippen LogP contribution < -0.4 is 9.62 Å². The fourth-order valence-electron chi connectivity index (χ4n) is 3.43. The first kappa shape index (κ1) is 35.9. The van der Waals surface area contributed by atoms with Gasteiger partial charge in [0.15, 0.2) is 0 Å². The fourth-order valence-corrected chi connectivity index (χ4v) is 4.94. The van der Waals surface area contributed by atoms with Crippen LogP contribution in [0.4, 0.5) is 23.7 Å². The number of sulfonamides is 1. The number of amides is 1. The number of rotatable bonds is 7. The van der Waals surface area contributed by atoms with Crippen molar-refractivity contribution < 1.29 is 40.7 Å². The predicted octanol–water partition coefficient (Wildman–Crippen LogP) is 6.50. The summed E-state index contributed by atoms with van der Waals surface area (Å²) in [6.07, 6.45) is -5.33. The maximum Gasteiger partial charge on any atom is 0.416 e. The summed E-state index contributed by atoms with van der Waals surface area (Å²) in [5, 5.41) is 0. The molecule has 0 atom stereocenters. The number of hydrogen-bond acceptors (Lipinski definition) is 6. The molecule has 0 heterocycles. The molecule has 0 radical (unpaired) electrons. The van der Waals surface area contributed by atoms with Gasteiger partial charge in [0.1, 0.15) is 25.8 Å². The third kappa shape index (κ3) is 12.0. The molecule has 0 aromatic heterocycles. The van der Waals surface area contributed by atoms with Gasteiger partial charge in [-0.1, -0.05) is 37.7 Å². The Morgan fingerprint density at radius 1 is 0.907 bits per heavy atom. The van der Waals surface area contributed by atoms with E-state index < -0.39 is 59.6 Å². The third-order valence-electron chi connectivity index (χ3n) is 5.20. The summed E-state index contributed by atoms with van der Waals surface area (Å²) in [6.45, 7) is 15.1. The molecule has 236 valence electrons. The lowest BCUT2D eigenvalue weighted by molar-refractivity contribution is -0.153. The number of carbonyl (C=O) groups excluding carboxylic acids is 2. The zero-order chi connectivity index (χ0) is 33.0. The number of anilines is 1. The number of ether oxygens (including phenoxy) is 2. The molecule has 2 rings (SSSR count). The highest BCUT2D eigenvalue weighted by Gasteiger charge is 2.31.